The first-order chi connectivity index (χ1) is 7.99. The van der Waals surface area contributed by atoms with Crippen molar-refractivity contribution in [1.29, 1.82) is 0 Å². The molecule has 2 bridgehead atoms. The largest absolute Gasteiger partial charge is 0.393 e. The van der Waals surface area contributed by atoms with E-state index in [0.717, 1.165) is 12.8 Å². The Bertz CT molecular complexity index is 318. The normalized spacial score (nSPS) is 31.5. The van der Waals surface area contributed by atoms with Gasteiger partial charge in [-0.3, -0.25) is 9.59 Å². The molecule has 5 nitrogen and oxygen atoms in total. The van der Waals surface area contributed by atoms with E-state index in [1.54, 1.807) is 7.05 Å². The van der Waals surface area contributed by atoms with Gasteiger partial charge in [-0.25, -0.2) is 0 Å². The van der Waals surface area contributed by atoms with Crippen molar-refractivity contribution >= 4 is 11.8 Å². The van der Waals surface area contributed by atoms with Crippen molar-refractivity contribution < 1.29 is 14.7 Å². The van der Waals surface area contributed by atoms with Crippen LogP contribution in [0.5, 0.6) is 0 Å². The standard InChI is InChI=1S/C12H20N2O3/c1-8(15)13(2)7-12(17)14-9-3-4-10(14)6-11(16)5-9/h9-11,16H,3-7H2,1-2H3. The van der Waals surface area contributed by atoms with E-state index < -0.39 is 0 Å². The Kier molecular flexibility index (Phi) is 3.38. The molecule has 0 aromatic rings. The van der Waals surface area contributed by atoms with Crippen LogP contribution in [0, 0.1) is 0 Å². The molecule has 96 valence electrons. The summed E-state index contributed by atoms with van der Waals surface area (Å²) in [5.41, 5.74) is 0. The first-order valence-corrected chi connectivity index (χ1v) is 6.20. The van der Waals surface area contributed by atoms with Crippen molar-refractivity contribution in [3.63, 3.8) is 0 Å². The Morgan fingerprint density at radius 3 is 2.29 bits per heavy atom. The van der Waals surface area contributed by atoms with Crippen LogP contribution < -0.4 is 0 Å². The lowest BCUT2D eigenvalue weighted by atomic mass is 10.00. The fourth-order valence-electron chi connectivity index (χ4n) is 2.95. The van der Waals surface area contributed by atoms with E-state index in [4.69, 9.17) is 0 Å². The van der Waals surface area contributed by atoms with Crippen molar-refractivity contribution in [2.45, 2.75) is 50.8 Å². The molecular weight excluding hydrogens is 220 g/mol. The van der Waals surface area contributed by atoms with E-state index in [-0.39, 0.29) is 36.5 Å². The third kappa shape index (κ3) is 2.44. The molecular formula is C12H20N2O3. The van der Waals surface area contributed by atoms with E-state index in [2.05, 4.69) is 0 Å². The van der Waals surface area contributed by atoms with Crippen molar-refractivity contribution in [3.05, 3.63) is 0 Å². The third-order valence-electron chi connectivity index (χ3n) is 3.91. The Hall–Kier alpha value is -1.10. The number of amides is 2. The number of rotatable bonds is 2. The van der Waals surface area contributed by atoms with Gasteiger partial charge in [0, 0.05) is 26.1 Å². The third-order valence-corrected chi connectivity index (χ3v) is 3.91. The van der Waals surface area contributed by atoms with E-state index in [1.807, 2.05) is 4.90 Å². The van der Waals surface area contributed by atoms with Gasteiger partial charge in [0.2, 0.25) is 11.8 Å². The number of aliphatic hydroxyl groups excluding tert-OH is 1. The molecule has 0 saturated carbocycles. The molecule has 2 aliphatic heterocycles. The number of likely N-dealkylation sites (N-methyl/N-ethyl adjacent to an activating group) is 1. The minimum Gasteiger partial charge on any atom is -0.393 e. The van der Waals surface area contributed by atoms with E-state index in [1.165, 1.54) is 11.8 Å². The second-order valence-corrected chi connectivity index (χ2v) is 5.19. The number of hydrogen-bond donors (Lipinski definition) is 1. The molecule has 0 aliphatic carbocycles. The second kappa shape index (κ2) is 4.64. The summed E-state index contributed by atoms with van der Waals surface area (Å²) in [6, 6.07) is 0.355. The molecule has 2 amide bonds. The number of carbonyl (C=O) groups excluding carboxylic acids is 2. The molecule has 17 heavy (non-hydrogen) atoms. The lowest BCUT2D eigenvalue weighted by Gasteiger charge is -2.37. The van der Waals surface area contributed by atoms with Gasteiger partial charge in [-0.15, -0.1) is 0 Å². The summed E-state index contributed by atoms with van der Waals surface area (Å²) >= 11 is 0. The van der Waals surface area contributed by atoms with Crippen LogP contribution in [0.4, 0.5) is 0 Å². The molecule has 0 aromatic heterocycles. The summed E-state index contributed by atoms with van der Waals surface area (Å²) in [5, 5.41) is 9.66. The molecule has 0 spiro atoms. The average molecular weight is 240 g/mol. The number of piperidine rings is 1. The van der Waals surface area contributed by atoms with Crippen molar-refractivity contribution in [1.82, 2.24) is 9.80 Å². The number of aliphatic hydroxyl groups is 1. The van der Waals surface area contributed by atoms with Gasteiger partial charge < -0.3 is 14.9 Å². The number of carbonyl (C=O) groups is 2. The molecule has 5 heteroatoms. The predicted molar refractivity (Wildman–Crippen MR) is 62.2 cm³/mol. The first-order valence-electron chi connectivity index (χ1n) is 6.20. The van der Waals surface area contributed by atoms with Crippen LogP contribution in [0.1, 0.15) is 32.6 Å². The van der Waals surface area contributed by atoms with Crippen LogP contribution in [0.3, 0.4) is 0 Å². The minimum absolute atomic E-state index is 0.0158. The Labute approximate surface area is 101 Å². The van der Waals surface area contributed by atoms with E-state index in [9.17, 15) is 14.7 Å². The predicted octanol–water partition coefficient (Wildman–Crippen LogP) is -0.0210. The van der Waals surface area contributed by atoms with Gasteiger partial charge in [0.25, 0.3) is 0 Å². The molecule has 0 radical (unpaired) electrons. The van der Waals surface area contributed by atoms with Crippen LogP contribution in [0.2, 0.25) is 0 Å². The van der Waals surface area contributed by atoms with Crippen molar-refractivity contribution in [2.75, 3.05) is 13.6 Å². The lowest BCUT2D eigenvalue weighted by molar-refractivity contribution is -0.142. The van der Waals surface area contributed by atoms with Crippen molar-refractivity contribution in [3.8, 4) is 0 Å². The van der Waals surface area contributed by atoms with Crippen molar-refractivity contribution in [2.24, 2.45) is 0 Å². The molecule has 1 N–H and O–H groups in total. The van der Waals surface area contributed by atoms with Gasteiger partial charge in [0.05, 0.1) is 12.6 Å². The summed E-state index contributed by atoms with van der Waals surface area (Å²) in [6.07, 6.45) is 3.08. The Morgan fingerprint density at radius 1 is 1.29 bits per heavy atom. The van der Waals surface area contributed by atoms with Gasteiger partial charge in [0.1, 0.15) is 0 Å². The molecule has 2 saturated heterocycles. The SMILES string of the molecule is CC(=O)N(C)CC(=O)N1C2CCC1CC(O)C2. The zero-order valence-electron chi connectivity index (χ0n) is 10.4. The highest BCUT2D eigenvalue weighted by molar-refractivity contribution is 5.84. The molecule has 2 heterocycles. The Balaban J connectivity index is 1.99. The van der Waals surface area contributed by atoms with E-state index >= 15 is 0 Å². The van der Waals surface area contributed by atoms with Crippen LogP contribution in [0.25, 0.3) is 0 Å². The van der Waals surface area contributed by atoms with Gasteiger partial charge in [-0.2, -0.15) is 0 Å². The van der Waals surface area contributed by atoms with Crippen LogP contribution in [-0.4, -0.2) is 58.5 Å². The fraction of sp³-hybridized carbons (Fsp3) is 0.833. The maximum atomic E-state index is 12.1. The smallest absolute Gasteiger partial charge is 0.242 e. The summed E-state index contributed by atoms with van der Waals surface area (Å²) in [7, 11) is 1.64. The maximum Gasteiger partial charge on any atom is 0.242 e. The van der Waals surface area contributed by atoms with E-state index in [0.29, 0.717) is 12.8 Å². The molecule has 2 aliphatic rings. The molecule has 0 aromatic carbocycles. The van der Waals surface area contributed by atoms with Crippen LogP contribution >= 0.6 is 0 Å². The molecule has 2 fully saturated rings. The summed E-state index contributed by atoms with van der Waals surface area (Å²) in [6.45, 7) is 1.61. The van der Waals surface area contributed by atoms with Gasteiger partial charge in [0.15, 0.2) is 0 Å². The first kappa shape index (κ1) is 12.4. The highest BCUT2D eigenvalue weighted by Gasteiger charge is 2.42. The maximum absolute atomic E-state index is 12.1. The van der Waals surface area contributed by atoms with Crippen LogP contribution in [-0.2, 0) is 9.59 Å². The van der Waals surface area contributed by atoms with Gasteiger partial charge in [-0.05, 0) is 25.7 Å². The number of hydrogen-bond acceptors (Lipinski definition) is 3. The summed E-state index contributed by atoms with van der Waals surface area (Å²) in [5.74, 6) is -0.0789. The Morgan fingerprint density at radius 2 is 1.82 bits per heavy atom. The molecule has 2 atom stereocenters. The summed E-state index contributed by atoms with van der Waals surface area (Å²) in [4.78, 5) is 26.6. The number of fused-ring (bicyclic) bond motifs is 2. The monoisotopic (exact) mass is 240 g/mol. The lowest BCUT2D eigenvalue weighted by Crippen LogP contribution is -2.51. The highest BCUT2D eigenvalue weighted by Crippen LogP contribution is 2.35. The fourth-order valence-corrected chi connectivity index (χ4v) is 2.95. The quantitative estimate of drug-likeness (QED) is 0.738. The molecule has 2 unspecified atom stereocenters. The highest BCUT2D eigenvalue weighted by atomic mass is 16.3. The molecule has 2 rings (SSSR count). The second-order valence-electron chi connectivity index (χ2n) is 5.19. The minimum atomic E-state index is -0.262. The van der Waals surface area contributed by atoms with Gasteiger partial charge >= 0.3 is 0 Å². The van der Waals surface area contributed by atoms with Gasteiger partial charge in [-0.1, -0.05) is 0 Å². The topological polar surface area (TPSA) is 60.9 Å². The zero-order valence-corrected chi connectivity index (χ0v) is 10.4. The zero-order chi connectivity index (χ0) is 12.6. The average Bonchev–Trinajstić information content (AvgIpc) is 2.51. The summed E-state index contributed by atoms with van der Waals surface area (Å²) < 4.78 is 0. The van der Waals surface area contributed by atoms with Crippen LogP contribution in [0.15, 0.2) is 0 Å². The number of nitrogens with zero attached hydrogens (tertiary/aromatic N) is 2.